The van der Waals surface area contributed by atoms with E-state index in [9.17, 15) is 4.79 Å². The predicted octanol–water partition coefficient (Wildman–Crippen LogP) is 6.10. The van der Waals surface area contributed by atoms with Crippen molar-refractivity contribution >= 4 is 33.9 Å². The molecule has 40 heavy (non-hydrogen) atoms. The number of nitrogens with one attached hydrogen (secondary N) is 1. The predicted molar refractivity (Wildman–Crippen MR) is 162 cm³/mol. The summed E-state index contributed by atoms with van der Waals surface area (Å²) in [6.07, 6.45) is 3.35. The topological polar surface area (TPSA) is 60.9 Å². The maximum atomic E-state index is 13.8. The maximum Gasteiger partial charge on any atom is 0.326 e. The molecule has 2 amide bonds. The number of hydrogen-bond donors (Lipinski definition) is 1. The third kappa shape index (κ3) is 4.34. The van der Waals surface area contributed by atoms with Crippen LogP contribution in [0.15, 0.2) is 66.7 Å². The summed E-state index contributed by atoms with van der Waals surface area (Å²) in [5, 5.41) is 5.30. The zero-order chi connectivity index (χ0) is 27.2. The number of carbonyl (C=O) groups is 1. The zero-order valence-electron chi connectivity index (χ0n) is 23.2. The number of carbonyl (C=O) groups excluding carboxylic acids is 1. The largest absolute Gasteiger partial charge is 0.495 e. The molecule has 0 saturated carbocycles. The second-order valence-electron chi connectivity index (χ2n) is 11.1. The Morgan fingerprint density at radius 2 is 1.80 bits per heavy atom. The second kappa shape index (κ2) is 10.1. The van der Waals surface area contributed by atoms with E-state index in [-0.39, 0.29) is 6.03 Å². The van der Waals surface area contributed by atoms with Crippen LogP contribution in [0.25, 0.3) is 22.0 Å². The summed E-state index contributed by atoms with van der Waals surface area (Å²) < 4.78 is 5.85. The number of hydrogen-bond acceptors (Lipinski definition) is 5. The molecule has 204 valence electrons. The standard InChI is InChI=1S/C33H35N5O2/c1-22-7-3-12-28(34-22)26-10-4-11-27-25(26)9-5-13-29(27)35-33(39)38-16-14-23-19-32(40-2)31(20-30(23)38)37-18-17-36-15-6-8-24(36)21-37/h3-5,7,9-13,19-20,24H,6,8,14-18,21H2,1-2H3,(H,35,39)/t24-/m0/s1. The first-order valence-electron chi connectivity index (χ1n) is 14.3. The molecule has 0 spiro atoms. The minimum absolute atomic E-state index is 0.109. The monoisotopic (exact) mass is 533 g/mol. The molecular formula is C33H35N5O2. The van der Waals surface area contributed by atoms with Crippen molar-refractivity contribution in [2.45, 2.75) is 32.2 Å². The molecule has 7 rings (SSSR count). The molecule has 3 aliphatic rings. The molecule has 7 nitrogen and oxygen atoms in total. The van der Waals surface area contributed by atoms with E-state index < -0.39 is 0 Å². The summed E-state index contributed by atoms with van der Waals surface area (Å²) in [5.41, 5.74) is 7.00. The second-order valence-corrected chi connectivity index (χ2v) is 11.1. The Morgan fingerprint density at radius 3 is 2.67 bits per heavy atom. The van der Waals surface area contributed by atoms with E-state index in [2.05, 4.69) is 45.4 Å². The molecule has 1 N–H and O–H groups in total. The van der Waals surface area contributed by atoms with Gasteiger partial charge in [0, 0.05) is 48.9 Å². The number of fused-ring (bicyclic) bond motifs is 3. The lowest BCUT2D eigenvalue weighted by atomic mass is 10.0. The van der Waals surface area contributed by atoms with E-state index in [1.807, 2.05) is 48.2 Å². The number of anilines is 3. The van der Waals surface area contributed by atoms with E-state index in [0.717, 1.165) is 82.2 Å². The number of rotatable bonds is 4. The normalized spacial score (nSPS) is 18.6. The molecule has 2 fully saturated rings. The van der Waals surface area contributed by atoms with Crippen LogP contribution in [0.4, 0.5) is 21.9 Å². The number of piperazine rings is 1. The van der Waals surface area contributed by atoms with Gasteiger partial charge >= 0.3 is 6.03 Å². The molecular weight excluding hydrogens is 498 g/mol. The molecule has 0 unspecified atom stereocenters. The first-order chi connectivity index (χ1) is 19.6. The van der Waals surface area contributed by atoms with Crippen molar-refractivity contribution in [1.29, 1.82) is 0 Å². The van der Waals surface area contributed by atoms with E-state index in [1.54, 1.807) is 7.11 Å². The Morgan fingerprint density at radius 1 is 0.950 bits per heavy atom. The number of nitrogens with zero attached hydrogens (tertiary/aromatic N) is 4. The molecule has 4 heterocycles. The smallest absolute Gasteiger partial charge is 0.326 e. The van der Waals surface area contributed by atoms with Crippen LogP contribution < -0.4 is 19.9 Å². The number of methoxy groups -OCH3 is 1. The van der Waals surface area contributed by atoms with Crippen molar-refractivity contribution in [1.82, 2.24) is 9.88 Å². The summed E-state index contributed by atoms with van der Waals surface area (Å²) in [6, 6.07) is 23.1. The van der Waals surface area contributed by atoms with E-state index >= 15 is 0 Å². The summed E-state index contributed by atoms with van der Waals surface area (Å²) in [6.45, 7) is 6.93. The summed E-state index contributed by atoms with van der Waals surface area (Å²) >= 11 is 0. The Bertz CT molecular complexity index is 1600. The summed E-state index contributed by atoms with van der Waals surface area (Å²) in [7, 11) is 1.75. The van der Waals surface area contributed by atoms with Crippen molar-refractivity contribution in [2.24, 2.45) is 0 Å². The van der Waals surface area contributed by atoms with Gasteiger partial charge in [-0.15, -0.1) is 0 Å². The fourth-order valence-corrected chi connectivity index (χ4v) is 6.75. The van der Waals surface area contributed by atoms with Gasteiger partial charge in [-0.1, -0.05) is 36.4 Å². The van der Waals surface area contributed by atoms with Gasteiger partial charge in [-0.05, 0) is 74.0 Å². The van der Waals surface area contributed by atoms with Gasteiger partial charge in [0.05, 0.1) is 29.9 Å². The first kappa shape index (κ1) is 24.9. The molecule has 7 heteroatoms. The highest BCUT2D eigenvalue weighted by atomic mass is 16.5. The highest BCUT2D eigenvalue weighted by Gasteiger charge is 2.33. The molecule has 0 radical (unpaired) electrons. The van der Waals surface area contributed by atoms with Gasteiger partial charge in [0.25, 0.3) is 0 Å². The van der Waals surface area contributed by atoms with Crippen LogP contribution in [0, 0.1) is 6.92 Å². The summed E-state index contributed by atoms with van der Waals surface area (Å²) in [5.74, 6) is 0.902. The quantitative estimate of drug-likeness (QED) is 0.344. The fraction of sp³-hybridized carbons (Fsp3) is 0.333. The van der Waals surface area contributed by atoms with E-state index in [0.29, 0.717) is 12.6 Å². The lowest BCUT2D eigenvalue weighted by Crippen LogP contribution is -2.50. The number of urea groups is 1. The SMILES string of the molecule is COc1cc2c(cc1N1CCN3CCC[C@H]3C1)N(C(=O)Nc1cccc3c(-c4cccc(C)n4)cccc13)CC2. The van der Waals surface area contributed by atoms with Crippen LogP contribution in [0.5, 0.6) is 5.75 Å². The minimum atomic E-state index is -0.109. The highest BCUT2D eigenvalue weighted by molar-refractivity contribution is 6.10. The molecule has 2 saturated heterocycles. The molecule has 4 aromatic rings. The Balaban J connectivity index is 1.18. The zero-order valence-corrected chi connectivity index (χ0v) is 23.2. The van der Waals surface area contributed by atoms with Crippen molar-refractivity contribution in [2.75, 3.05) is 55.0 Å². The highest BCUT2D eigenvalue weighted by Crippen LogP contribution is 2.41. The van der Waals surface area contributed by atoms with Crippen LogP contribution in [-0.2, 0) is 6.42 Å². The Kier molecular flexibility index (Phi) is 6.31. The Labute approximate surface area is 235 Å². The van der Waals surface area contributed by atoms with E-state index in [1.165, 1.54) is 19.4 Å². The number of pyridine rings is 1. The average molecular weight is 534 g/mol. The molecule has 0 bridgehead atoms. The Hall–Kier alpha value is -4.10. The lowest BCUT2D eigenvalue weighted by Gasteiger charge is -2.39. The van der Waals surface area contributed by atoms with Gasteiger partial charge < -0.3 is 15.0 Å². The molecule has 1 aromatic heterocycles. The van der Waals surface area contributed by atoms with Crippen LogP contribution in [0.3, 0.4) is 0 Å². The van der Waals surface area contributed by atoms with Gasteiger partial charge in [-0.25, -0.2) is 4.79 Å². The number of ether oxygens (including phenoxy) is 1. The molecule has 0 aliphatic carbocycles. The van der Waals surface area contributed by atoms with E-state index in [4.69, 9.17) is 9.72 Å². The van der Waals surface area contributed by atoms with Crippen molar-refractivity contribution in [3.05, 3.63) is 78.0 Å². The third-order valence-electron chi connectivity index (χ3n) is 8.78. The van der Waals surface area contributed by atoms with Crippen molar-refractivity contribution < 1.29 is 9.53 Å². The number of aryl methyl sites for hydroxylation is 1. The number of amides is 2. The minimum Gasteiger partial charge on any atom is -0.495 e. The van der Waals surface area contributed by atoms with Gasteiger partial charge in [-0.2, -0.15) is 0 Å². The third-order valence-corrected chi connectivity index (χ3v) is 8.78. The van der Waals surface area contributed by atoms with Crippen LogP contribution in [0.1, 0.15) is 24.1 Å². The first-order valence-corrected chi connectivity index (χ1v) is 14.3. The molecule has 3 aromatic carbocycles. The van der Waals surface area contributed by atoms with Gasteiger partial charge in [-0.3, -0.25) is 14.8 Å². The fourth-order valence-electron chi connectivity index (χ4n) is 6.75. The van der Waals surface area contributed by atoms with Crippen LogP contribution in [0.2, 0.25) is 0 Å². The molecule has 3 aliphatic heterocycles. The maximum absolute atomic E-state index is 13.8. The van der Waals surface area contributed by atoms with Crippen LogP contribution in [-0.4, -0.2) is 61.8 Å². The summed E-state index contributed by atoms with van der Waals surface area (Å²) in [4.78, 5) is 25.4. The van der Waals surface area contributed by atoms with Gasteiger partial charge in [0.15, 0.2) is 0 Å². The molecule has 1 atom stereocenters. The average Bonchev–Trinajstić information content (AvgIpc) is 3.62. The van der Waals surface area contributed by atoms with Gasteiger partial charge in [0.1, 0.15) is 5.75 Å². The van der Waals surface area contributed by atoms with Crippen molar-refractivity contribution in [3.8, 4) is 17.0 Å². The number of aromatic nitrogens is 1. The number of benzene rings is 3. The van der Waals surface area contributed by atoms with Crippen molar-refractivity contribution in [3.63, 3.8) is 0 Å². The lowest BCUT2D eigenvalue weighted by molar-refractivity contribution is 0.230. The van der Waals surface area contributed by atoms with Gasteiger partial charge in [0.2, 0.25) is 0 Å². The van der Waals surface area contributed by atoms with Crippen LogP contribution >= 0.6 is 0 Å².